The summed E-state index contributed by atoms with van der Waals surface area (Å²) in [5.74, 6) is 0.636. The molecule has 5 nitrogen and oxygen atoms in total. The number of aromatic nitrogens is 1. The molecule has 0 saturated carbocycles. The van der Waals surface area contributed by atoms with Gasteiger partial charge in [0.2, 0.25) is 5.91 Å². The van der Waals surface area contributed by atoms with Gasteiger partial charge in [0, 0.05) is 50.7 Å². The molecule has 1 aromatic carbocycles. The smallest absolute Gasteiger partial charge is 0.223 e. The van der Waals surface area contributed by atoms with Gasteiger partial charge < -0.3 is 14.5 Å². The lowest BCUT2D eigenvalue weighted by Crippen LogP contribution is -2.31. The summed E-state index contributed by atoms with van der Waals surface area (Å²) in [6.07, 6.45) is 0.639. The molecule has 0 aliphatic carbocycles. The Morgan fingerprint density at radius 3 is 2.92 bits per heavy atom. The average Bonchev–Trinajstić information content (AvgIpc) is 3.20. The zero-order valence-electron chi connectivity index (χ0n) is 14.9. The van der Waals surface area contributed by atoms with E-state index in [0.717, 1.165) is 35.9 Å². The van der Waals surface area contributed by atoms with Crippen LogP contribution in [0.25, 0.3) is 10.6 Å². The summed E-state index contributed by atoms with van der Waals surface area (Å²) >= 11 is 1.68. The molecule has 1 aromatic heterocycles. The molecule has 25 heavy (non-hydrogen) atoms. The van der Waals surface area contributed by atoms with Gasteiger partial charge in [0.25, 0.3) is 0 Å². The zero-order valence-corrected chi connectivity index (χ0v) is 15.7. The van der Waals surface area contributed by atoms with Crippen LogP contribution in [0.15, 0.2) is 35.7 Å². The summed E-state index contributed by atoms with van der Waals surface area (Å²) in [4.78, 5) is 21.0. The molecule has 6 heteroatoms. The van der Waals surface area contributed by atoms with Crippen molar-refractivity contribution in [2.75, 3.05) is 40.4 Å². The van der Waals surface area contributed by atoms with Crippen molar-refractivity contribution in [3.05, 3.63) is 41.4 Å². The molecule has 1 amide bonds. The van der Waals surface area contributed by atoms with Gasteiger partial charge in [-0.2, -0.15) is 0 Å². The normalized spacial score (nSPS) is 17.6. The molecule has 134 valence electrons. The van der Waals surface area contributed by atoms with E-state index in [1.807, 2.05) is 23.1 Å². The molecule has 1 aliphatic heterocycles. The van der Waals surface area contributed by atoms with Crippen LogP contribution in [0.4, 0.5) is 0 Å². The number of likely N-dealkylation sites (tertiary alicyclic amines) is 1. The van der Waals surface area contributed by atoms with E-state index >= 15 is 0 Å². The van der Waals surface area contributed by atoms with Crippen molar-refractivity contribution < 1.29 is 9.53 Å². The Hall–Kier alpha value is -1.76. The first-order valence-electron chi connectivity index (χ1n) is 8.61. The van der Waals surface area contributed by atoms with Crippen molar-refractivity contribution in [3.63, 3.8) is 0 Å². The van der Waals surface area contributed by atoms with Crippen LogP contribution in [0.5, 0.6) is 0 Å². The van der Waals surface area contributed by atoms with Gasteiger partial charge in [-0.3, -0.25) is 4.79 Å². The quantitative estimate of drug-likeness (QED) is 0.727. The molecule has 0 N–H and O–H groups in total. The van der Waals surface area contributed by atoms with Gasteiger partial charge >= 0.3 is 0 Å². The first-order valence-corrected chi connectivity index (χ1v) is 9.48. The van der Waals surface area contributed by atoms with E-state index in [0.29, 0.717) is 25.5 Å². The number of nitrogens with zero attached hydrogens (tertiary/aromatic N) is 3. The van der Waals surface area contributed by atoms with E-state index in [1.54, 1.807) is 18.4 Å². The number of carbonyl (C=O) groups is 1. The molecule has 1 saturated heterocycles. The van der Waals surface area contributed by atoms with Gasteiger partial charge in [0.05, 0.1) is 12.3 Å². The van der Waals surface area contributed by atoms with E-state index in [2.05, 4.69) is 29.5 Å². The number of amides is 1. The second-order valence-electron chi connectivity index (χ2n) is 6.61. The Kier molecular flexibility index (Phi) is 6.18. The molecular weight excluding hydrogens is 334 g/mol. The van der Waals surface area contributed by atoms with Crippen LogP contribution in [0.2, 0.25) is 0 Å². The van der Waals surface area contributed by atoms with Crippen LogP contribution >= 0.6 is 11.3 Å². The third-order valence-corrected chi connectivity index (χ3v) is 5.37. The topological polar surface area (TPSA) is 45.7 Å². The van der Waals surface area contributed by atoms with Crippen molar-refractivity contribution in [2.24, 2.45) is 5.92 Å². The second kappa shape index (κ2) is 8.56. The maximum absolute atomic E-state index is 12.0. The molecular formula is C19H25N3O2S. The van der Waals surface area contributed by atoms with Crippen molar-refractivity contribution in [2.45, 2.75) is 13.0 Å². The summed E-state index contributed by atoms with van der Waals surface area (Å²) in [6.45, 7) is 3.86. The van der Waals surface area contributed by atoms with Crippen LogP contribution in [0, 0.1) is 5.92 Å². The molecule has 1 unspecified atom stereocenters. The lowest BCUT2D eigenvalue weighted by atomic mass is 10.1. The molecule has 0 bridgehead atoms. The van der Waals surface area contributed by atoms with E-state index in [9.17, 15) is 4.79 Å². The minimum Gasteiger partial charge on any atom is -0.383 e. The first kappa shape index (κ1) is 18.0. The van der Waals surface area contributed by atoms with Crippen LogP contribution in [0.3, 0.4) is 0 Å². The summed E-state index contributed by atoms with van der Waals surface area (Å²) in [5, 5.41) is 3.19. The number of ether oxygens (including phenoxy) is 1. The van der Waals surface area contributed by atoms with E-state index in [1.165, 1.54) is 0 Å². The number of benzene rings is 1. The van der Waals surface area contributed by atoms with E-state index in [-0.39, 0.29) is 5.91 Å². The second-order valence-corrected chi connectivity index (χ2v) is 7.47. The van der Waals surface area contributed by atoms with Gasteiger partial charge in [-0.15, -0.1) is 11.3 Å². The molecule has 2 heterocycles. The molecule has 0 spiro atoms. The highest BCUT2D eigenvalue weighted by atomic mass is 32.1. The lowest BCUT2D eigenvalue weighted by Gasteiger charge is -2.20. The predicted octanol–water partition coefficient (Wildman–Crippen LogP) is 2.74. The number of carbonyl (C=O) groups excluding carboxylic acids is 1. The summed E-state index contributed by atoms with van der Waals surface area (Å²) < 4.78 is 5.07. The van der Waals surface area contributed by atoms with Crippen LogP contribution in [-0.4, -0.2) is 61.1 Å². The van der Waals surface area contributed by atoms with Gasteiger partial charge in [-0.1, -0.05) is 30.3 Å². The third-order valence-electron chi connectivity index (χ3n) is 4.43. The predicted molar refractivity (Wildman–Crippen MR) is 100 cm³/mol. The minimum absolute atomic E-state index is 0.246. The zero-order chi connectivity index (χ0) is 17.6. The minimum atomic E-state index is 0.246. The summed E-state index contributed by atoms with van der Waals surface area (Å²) in [7, 11) is 3.77. The Balaban J connectivity index is 1.51. The van der Waals surface area contributed by atoms with Gasteiger partial charge in [-0.25, -0.2) is 4.98 Å². The number of hydrogen-bond donors (Lipinski definition) is 0. The van der Waals surface area contributed by atoms with Crippen LogP contribution < -0.4 is 0 Å². The molecule has 3 rings (SSSR count). The number of methoxy groups -OCH3 is 1. The van der Waals surface area contributed by atoms with Crippen molar-refractivity contribution in [1.82, 2.24) is 14.8 Å². The van der Waals surface area contributed by atoms with Crippen LogP contribution in [-0.2, 0) is 16.1 Å². The fraction of sp³-hybridized carbons (Fsp3) is 0.474. The molecule has 2 aromatic rings. The van der Waals surface area contributed by atoms with E-state index < -0.39 is 0 Å². The number of thiazole rings is 1. The highest BCUT2D eigenvalue weighted by Crippen LogP contribution is 2.24. The number of hydrogen-bond acceptors (Lipinski definition) is 5. The molecule has 1 aliphatic rings. The Morgan fingerprint density at radius 2 is 2.16 bits per heavy atom. The fourth-order valence-electron chi connectivity index (χ4n) is 3.27. The summed E-state index contributed by atoms with van der Waals surface area (Å²) in [6, 6.07) is 10.3. The SMILES string of the molecule is COCCN1CC(CN(C)Cc2csc(-c3ccccc3)n2)CC1=O. The Bertz CT molecular complexity index is 689. The molecule has 0 radical (unpaired) electrons. The van der Waals surface area contributed by atoms with Gasteiger partial charge in [0.1, 0.15) is 5.01 Å². The maximum atomic E-state index is 12.0. The highest BCUT2D eigenvalue weighted by molar-refractivity contribution is 7.13. The molecule has 1 atom stereocenters. The molecule has 1 fully saturated rings. The van der Waals surface area contributed by atoms with E-state index in [4.69, 9.17) is 9.72 Å². The highest BCUT2D eigenvalue weighted by Gasteiger charge is 2.29. The van der Waals surface area contributed by atoms with Gasteiger partial charge in [-0.05, 0) is 13.0 Å². The first-order chi connectivity index (χ1) is 12.2. The largest absolute Gasteiger partial charge is 0.383 e. The number of rotatable bonds is 8. The third kappa shape index (κ3) is 4.87. The van der Waals surface area contributed by atoms with Gasteiger partial charge in [0.15, 0.2) is 0 Å². The Labute approximate surface area is 153 Å². The lowest BCUT2D eigenvalue weighted by molar-refractivity contribution is -0.128. The fourth-order valence-corrected chi connectivity index (χ4v) is 4.09. The Morgan fingerprint density at radius 1 is 1.36 bits per heavy atom. The van der Waals surface area contributed by atoms with Crippen molar-refractivity contribution >= 4 is 17.2 Å². The summed E-state index contributed by atoms with van der Waals surface area (Å²) in [5.41, 5.74) is 2.25. The van der Waals surface area contributed by atoms with Crippen molar-refractivity contribution in [3.8, 4) is 10.6 Å². The van der Waals surface area contributed by atoms with Crippen LogP contribution in [0.1, 0.15) is 12.1 Å². The van der Waals surface area contributed by atoms with Crippen molar-refractivity contribution in [1.29, 1.82) is 0 Å². The standard InChI is InChI=1S/C19H25N3O2S/c1-21(11-15-10-18(23)22(12-15)8-9-24-2)13-17-14-25-19(20-17)16-6-4-3-5-7-16/h3-7,14-15H,8-13H2,1-2H3. The maximum Gasteiger partial charge on any atom is 0.223 e. The monoisotopic (exact) mass is 359 g/mol. The average molecular weight is 359 g/mol.